The normalized spacial score (nSPS) is 18.8. The molecule has 0 bridgehead atoms. The van der Waals surface area contributed by atoms with E-state index in [0.29, 0.717) is 17.4 Å². The number of aliphatic hydroxyl groups is 1. The first kappa shape index (κ1) is 25.5. The van der Waals surface area contributed by atoms with Crippen LogP contribution in [0.3, 0.4) is 0 Å². The largest absolute Gasteiger partial charge is 0.451 e. The number of hydrogen-bond acceptors (Lipinski definition) is 8. The molecule has 1 saturated heterocycles. The molecule has 3 N–H and O–H groups in total. The number of pyridine rings is 1. The Morgan fingerprint density at radius 1 is 1.19 bits per heavy atom. The summed E-state index contributed by atoms with van der Waals surface area (Å²) in [4.78, 5) is 42.4. The zero-order valence-corrected chi connectivity index (χ0v) is 20.3. The van der Waals surface area contributed by atoms with Gasteiger partial charge in [-0.1, -0.05) is 24.3 Å². The lowest BCUT2D eigenvalue weighted by atomic mass is 10.1. The number of rotatable bonds is 7. The van der Waals surface area contributed by atoms with Crippen molar-refractivity contribution in [1.82, 2.24) is 19.9 Å². The molecule has 0 saturated carbocycles. The van der Waals surface area contributed by atoms with Gasteiger partial charge in [0.05, 0.1) is 18.7 Å². The van der Waals surface area contributed by atoms with E-state index in [4.69, 9.17) is 4.42 Å². The van der Waals surface area contributed by atoms with Crippen molar-refractivity contribution in [2.75, 3.05) is 13.1 Å². The molecule has 12 heteroatoms. The Morgan fingerprint density at radius 2 is 1.94 bits per heavy atom. The molecule has 1 aliphatic heterocycles. The van der Waals surface area contributed by atoms with Crippen LogP contribution in [0.4, 0.5) is 0 Å². The quantitative estimate of drug-likeness (QED) is 0.418. The molecule has 0 spiro atoms. The molecular formula is C24H26N4O7S. The fourth-order valence-electron chi connectivity index (χ4n) is 3.96. The highest BCUT2D eigenvalue weighted by Gasteiger charge is 2.35. The van der Waals surface area contributed by atoms with Gasteiger partial charge in [-0.15, -0.1) is 0 Å². The zero-order chi connectivity index (χ0) is 25.9. The van der Waals surface area contributed by atoms with Crippen LogP contribution in [-0.2, 0) is 19.6 Å². The molecule has 0 aliphatic carbocycles. The first-order valence-electron chi connectivity index (χ1n) is 11.4. The van der Waals surface area contributed by atoms with E-state index in [2.05, 4.69) is 15.6 Å². The number of carbonyl (C=O) groups is 3. The number of sulfonamides is 1. The maximum atomic E-state index is 12.9. The number of carbonyl (C=O) groups excluding carboxylic acids is 3. The van der Waals surface area contributed by atoms with Crippen LogP contribution in [0.25, 0.3) is 11.0 Å². The van der Waals surface area contributed by atoms with Crippen LogP contribution in [0.2, 0.25) is 0 Å². The summed E-state index contributed by atoms with van der Waals surface area (Å²) in [5.41, 5.74) is 0.495. The Bertz CT molecular complexity index is 1340. The van der Waals surface area contributed by atoms with Gasteiger partial charge in [-0.05, 0) is 44.0 Å². The van der Waals surface area contributed by atoms with E-state index in [1.807, 2.05) is 0 Å². The second-order valence-electron chi connectivity index (χ2n) is 8.52. The number of aromatic nitrogens is 1. The number of hydrogen-bond donors (Lipinski definition) is 3. The Kier molecular flexibility index (Phi) is 7.48. The minimum atomic E-state index is -3.98. The molecule has 3 atom stereocenters. The van der Waals surface area contributed by atoms with Gasteiger partial charge in [0, 0.05) is 18.1 Å². The van der Waals surface area contributed by atoms with E-state index in [9.17, 15) is 27.9 Å². The summed E-state index contributed by atoms with van der Waals surface area (Å²) in [6.07, 6.45) is 0.585. The number of ketones is 1. The molecule has 3 heterocycles. The molecule has 2 amide bonds. The van der Waals surface area contributed by atoms with Crippen molar-refractivity contribution >= 4 is 38.6 Å². The van der Waals surface area contributed by atoms with Gasteiger partial charge < -0.3 is 20.2 Å². The van der Waals surface area contributed by atoms with Gasteiger partial charge in [0.25, 0.3) is 15.9 Å². The summed E-state index contributed by atoms with van der Waals surface area (Å²) in [5, 5.41) is 15.7. The van der Waals surface area contributed by atoms with Crippen molar-refractivity contribution in [2.24, 2.45) is 0 Å². The fraction of sp³-hybridized carbons (Fsp3) is 0.333. The summed E-state index contributed by atoms with van der Waals surface area (Å²) in [5.74, 6) is -2.01. The minimum absolute atomic E-state index is 0.0319. The highest BCUT2D eigenvalue weighted by molar-refractivity contribution is 7.89. The fourth-order valence-corrected chi connectivity index (χ4v) is 5.33. The lowest BCUT2D eigenvalue weighted by Gasteiger charge is -2.23. The highest BCUT2D eigenvalue weighted by atomic mass is 32.2. The van der Waals surface area contributed by atoms with Crippen LogP contribution < -0.4 is 10.6 Å². The molecule has 190 valence electrons. The van der Waals surface area contributed by atoms with E-state index in [1.165, 1.54) is 25.3 Å². The monoisotopic (exact) mass is 514 g/mol. The number of benzene rings is 1. The van der Waals surface area contributed by atoms with Crippen molar-refractivity contribution in [3.63, 3.8) is 0 Å². The first-order chi connectivity index (χ1) is 17.2. The van der Waals surface area contributed by atoms with E-state index < -0.39 is 52.4 Å². The molecule has 0 radical (unpaired) electrons. The molecule has 1 fully saturated rings. The molecule has 4 rings (SSSR count). The van der Waals surface area contributed by atoms with Crippen LogP contribution in [0, 0.1) is 0 Å². The van der Waals surface area contributed by atoms with Gasteiger partial charge in [-0.3, -0.25) is 14.4 Å². The van der Waals surface area contributed by atoms with Crippen LogP contribution in [0.15, 0.2) is 64.2 Å². The summed E-state index contributed by atoms with van der Waals surface area (Å²) < 4.78 is 32.3. The Labute approximate surface area is 207 Å². The average Bonchev–Trinajstić information content (AvgIpc) is 3.21. The summed E-state index contributed by atoms with van der Waals surface area (Å²) >= 11 is 0. The first-order valence-corrected chi connectivity index (χ1v) is 12.8. The van der Waals surface area contributed by atoms with Crippen LogP contribution in [0.5, 0.6) is 0 Å². The van der Waals surface area contributed by atoms with Crippen LogP contribution in [-0.4, -0.2) is 71.7 Å². The molecule has 36 heavy (non-hydrogen) atoms. The number of amides is 2. The number of fused-ring (bicyclic) bond motifs is 1. The average molecular weight is 515 g/mol. The summed E-state index contributed by atoms with van der Waals surface area (Å²) in [6.45, 7) is 0.980. The Morgan fingerprint density at radius 3 is 2.64 bits per heavy atom. The van der Waals surface area contributed by atoms with Gasteiger partial charge in [0.15, 0.2) is 16.6 Å². The second-order valence-corrected chi connectivity index (χ2v) is 10.4. The Hall–Kier alpha value is -3.61. The predicted octanol–water partition coefficient (Wildman–Crippen LogP) is 0.846. The zero-order valence-electron chi connectivity index (χ0n) is 19.5. The van der Waals surface area contributed by atoms with Crippen LogP contribution >= 0.6 is 0 Å². The third-order valence-corrected chi connectivity index (χ3v) is 7.64. The molecule has 3 aromatic rings. The molecule has 1 aliphatic rings. The van der Waals surface area contributed by atoms with Gasteiger partial charge in [0.1, 0.15) is 11.6 Å². The maximum absolute atomic E-state index is 12.9. The SMILES string of the molecule is CC(O)[C@H](NC(=O)c1cc2ccccc2o1)C(=O)NC1CCCN(S(=O)(=O)c2ccccn2)CC1=O. The number of aliphatic hydroxyl groups excluding tert-OH is 1. The van der Waals surface area contributed by atoms with E-state index >= 15 is 0 Å². The topological polar surface area (TPSA) is 159 Å². The smallest absolute Gasteiger partial charge is 0.287 e. The third kappa shape index (κ3) is 5.45. The molecule has 1 aromatic carbocycles. The minimum Gasteiger partial charge on any atom is -0.451 e. The second kappa shape index (κ2) is 10.6. The van der Waals surface area contributed by atoms with Gasteiger partial charge in [-0.25, -0.2) is 13.4 Å². The lowest BCUT2D eigenvalue weighted by molar-refractivity contribution is -0.130. The number of Topliss-reactive ketones (excluding diaryl/α,β-unsaturated/α-hetero) is 1. The number of para-hydroxylation sites is 1. The highest BCUT2D eigenvalue weighted by Crippen LogP contribution is 2.20. The van der Waals surface area contributed by atoms with Gasteiger partial charge in [-0.2, -0.15) is 4.31 Å². The lowest BCUT2D eigenvalue weighted by Crippen LogP contribution is -2.56. The van der Waals surface area contributed by atoms with Crippen molar-refractivity contribution in [3.8, 4) is 0 Å². The number of nitrogens with one attached hydrogen (secondary N) is 2. The number of nitrogens with zero attached hydrogens (tertiary/aromatic N) is 2. The summed E-state index contributed by atoms with van der Waals surface area (Å²) in [6, 6.07) is 10.7. The van der Waals surface area contributed by atoms with Gasteiger partial charge >= 0.3 is 0 Å². The maximum Gasteiger partial charge on any atom is 0.287 e. The third-order valence-electron chi connectivity index (χ3n) is 5.88. The molecule has 2 unspecified atom stereocenters. The van der Waals surface area contributed by atoms with Crippen molar-refractivity contribution in [2.45, 2.75) is 43.0 Å². The van der Waals surface area contributed by atoms with E-state index in [1.54, 1.807) is 36.4 Å². The molecule has 11 nitrogen and oxygen atoms in total. The van der Waals surface area contributed by atoms with Crippen molar-refractivity contribution in [1.29, 1.82) is 0 Å². The van der Waals surface area contributed by atoms with Crippen molar-refractivity contribution < 1.29 is 32.3 Å². The Balaban J connectivity index is 1.43. The standard InChI is InChI=1S/C24H26N4O7S/c1-15(29)22(27-23(31)20-13-16-7-2-3-9-19(16)35-20)24(32)26-17-8-6-12-28(14-18(17)30)36(33,34)21-10-4-5-11-25-21/h2-5,7,9-11,13,15,17,22,29H,6,8,12,14H2,1H3,(H,26,32)(H,27,31)/t15?,17?,22-/m0/s1. The van der Waals surface area contributed by atoms with Crippen molar-refractivity contribution in [3.05, 3.63) is 60.5 Å². The van der Waals surface area contributed by atoms with E-state index in [-0.39, 0.29) is 23.8 Å². The number of furan rings is 1. The predicted molar refractivity (Wildman–Crippen MR) is 128 cm³/mol. The van der Waals surface area contributed by atoms with Crippen LogP contribution in [0.1, 0.15) is 30.3 Å². The van der Waals surface area contributed by atoms with Gasteiger partial charge in [0.2, 0.25) is 5.91 Å². The summed E-state index contributed by atoms with van der Waals surface area (Å²) in [7, 11) is -3.98. The molecule has 2 aromatic heterocycles. The molecular weight excluding hydrogens is 488 g/mol. The van der Waals surface area contributed by atoms with E-state index in [0.717, 1.165) is 4.31 Å².